The highest BCUT2D eigenvalue weighted by Gasteiger charge is 2.21. The van der Waals surface area contributed by atoms with Crippen molar-refractivity contribution in [3.63, 3.8) is 0 Å². The maximum absolute atomic E-state index is 11.1. The van der Waals surface area contributed by atoms with Crippen LogP contribution in [0.2, 0.25) is 0 Å². The van der Waals surface area contributed by atoms with Gasteiger partial charge in [-0.25, -0.2) is 0 Å². The molecule has 0 aromatic heterocycles. The van der Waals surface area contributed by atoms with E-state index >= 15 is 0 Å². The minimum atomic E-state index is 0.261. The van der Waals surface area contributed by atoms with Crippen LogP contribution in [0.25, 0.3) is 0 Å². The van der Waals surface area contributed by atoms with Gasteiger partial charge >= 0.3 is 0 Å². The summed E-state index contributed by atoms with van der Waals surface area (Å²) in [7, 11) is 0. The molecule has 0 saturated heterocycles. The van der Waals surface area contributed by atoms with Crippen molar-refractivity contribution in [2.75, 3.05) is 0 Å². The fourth-order valence-corrected chi connectivity index (χ4v) is 2.08. The first-order valence-electron chi connectivity index (χ1n) is 5.34. The number of Topliss-reactive ketones (excluding diaryl/α,β-unsaturated/α-hetero) is 1. The van der Waals surface area contributed by atoms with Gasteiger partial charge in [0.1, 0.15) is 5.78 Å². The van der Waals surface area contributed by atoms with Crippen LogP contribution in [-0.2, 0) is 11.2 Å². The van der Waals surface area contributed by atoms with E-state index < -0.39 is 0 Å². The molecule has 1 heteroatoms. The summed E-state index contributed by atoms with van der Waals surface area (Å²) in [6, 6.07) is 8.38. The maximum atomic E-state index is 11.1. The minimum Gasteiger partial charge on any atom is -0.300 e. The van der Waals surface area contributed by atoms with Crippen LogP contribution in [0.3, 0.4) is 0 Å². The Morgan fingerprint density at radius 3 is 2.64 bits per heavy atom. The molecule has 0 radical (unpaired) electrons. The van der Waals surface area contributed by atoms with Crippen LogP contribution < -0.4 is 0 Å². The van der Waals surface area contributed by atoms with E-state index in [2.05, 4.69) is 18.2 Å². The van der Waals surface area contributed by atoms with E-state index in [-0.39, 0.29) is 5.78 Å². The highest BCUT2D eigenvalue weighted by Crippen LogP contribution is 2.37. The monoisotopic (exact) mass is 188 g/mol. The zero-order valence-corrected chi connectivity index (χ0v) is 8.62. The van der Waals surface area contributed by atoms with Crippen molar-refractivity contribution in [3.8, 4) is 0 Å². The average Bonchev–Trinajstić information content (AvgIpc) is 2.04. The predicted octanol–water partition coefficient (Wildman–Crippen LogP) is 3.09. The lowest BCUT2D eigenvalue weighted by atomic mass is 9.77. The summed E-state index contributed by atoms with van der Waals surface area (Å²) in [4.78, 5) is 11.1. The van der Waals surface area contributed by atoms with E-state index in [1.165, 1.54) is 30.4 Å². The molecule has 0 heterocycles. The first kappa shape index (κ1) is 9.45. The molecular formula is C13H16O. The van der Waals surface area contributed by atoms with Crippen molar-refractivity contribution < 1.29 is 4.79 Å². The Morgan fingerprint density at radius 2 is 2.07 bits per heavy atom. The summed E-state index contributed by atoms with van der Waals surface area (Å²) in [5, 5.41) is 0. The van der Waals surface area contributed by atoms with Gasteiger partial charge in [-0.3, -0.25) is 4.79 Å². The highest BCUT2D eigenvalue weighted by atomic mass is 16.1. The molecule has 0 bridgehead atoms. The summed E-state index contributed by atoms with van der Waals surface area (Å²) in [5.41, 5.74) is 2.65. The number of ketones is 1. The highest BCUT2D eigenvalue weighted by molar-refractivity contribution is 5.78. The molecule has 1 aromatic carbocycles. The number of carbonyl (C=O) groups excluding carboxylic acids is 1. The molecule has 1 aliphatic carbocycles. The molecule has 2 rings (SSSR count). The molecule has 1 saturated carbocycles. The van der Waals surface area contributed by atoms with Crippen molar-refractivity contribution in [2.45, 2.75) is 38.5 Å². The summed E-state index contributed by atoms with van der Waals surface area (Å²) >= 11 is 0. The van der Waals surface area contributed by atoms with Gasteiger partial charge < -0.3 is 0 Å². The first-order valence-corrected chi connectivity index (χ1v) is 5.34. The van der Waals surface area contributed by atoms with Gasteiger partial charge in [0.05, 0.1) is 0 Å². The number of carbonyl (C=O) groups is 1. The van der Waals surface area contributed by atoms with E-state index in [4.69, 9.17) is 0 Å². The van der Waals surface area contributed by atoms with Gasteiger partial charge in [-0.1, -0.05) is 30.7 Å². The second-order valence-corrected chi connectivity index (χ2v) is 4.21. The molecule has 1 nitrogen and oxygen atoms in total. The van der Waals surface area contributed by atoms with Crippen LogP contribution in [0.1, 0.15) is 43.2 Å². The predicted molar refractivity (Wildman–Crippen MR) is 57.4 cm³/mol. The van der Waals surface area contributed by atoms with Crippen molar-refractivity contribution in [1.82, 2.24) is 0 Å². The number of benzene rings is 1. The van der Waals surface area contributed by atoms with Crippen molar-refractivity contribution >= 4 is 5.78 Å². The van der Waals surface area contributed by atoms with Crippen LogP contribution in [-0.4, -0.2) is 5.78 Å². The maximum Gasteiger partial charge on any atom is 0.134 e. The Morgan fingerprint density at radius 1 is 1.36 bits per heavy atom. The molecule has 0 amide bonds. The largest absolute Gasteiger partial charge is 0.300 e. The van der Waals surface area contributed by atoms with E-state index in [1.807, 2.05) is 6.07 Å². The molecule has 0 spiro atoms. The molecule has 1 aliphatic rings. The second kappa shape index (κ2) is 3.95. The zero-order valence-electron chi connectivity index (χ0n) is 8.62. The van der Waals surface area contributed by atoms with Crippen molar-refractivity contribution in [2.24, 2.45) is 0 Å². The van der Waals surface area contributed by atoms with Crippen molar-refractivity contribution in [1.29, 1.82) is 0 Å². The summed E-state index contributed by atoms with van der Waals surface area (Å²) in [6.45, 7) is 1.66. The van der Waals surface area contributed by atoms with E-state index in [0.29, 0.717) is 6.42 Å². The Balaban J connectivity index is 2.23. The molecule has 1 aromatic rings. The Bertz CT molecular complexity index is 337. The van der Waals surface area contributed by atoms with Crippen LogP contribution in [0.4, 0.5) is 0 Å². The Kier molecular flexibility index (Phi) is 2.67. The van der Waals surface area contributed by atoms with Crippen molar-refractivity contribution in [3.05, 3.63) is 35.4 Å². The third-order valence-electron chi connectivity index (χ3n) is 3.04. The van der Waals surface area contributed by atoms with Crippen LogP contribution in [0.5, 0.6) is 0 Å². The van der Waals surface area contributed by atoms with E-state index in [9.17, 15) is 4.79 Å². The third-order valence-corrected chi connectivity index (χ3v) is 3.04. The zero-order chi connectivity index (χ0) is 9.97. The average molecular weight is 188 g/mol. The normalized spacial score (nSPS) is 16.4. The second-order valence-electron chi connectivity index (χ2n) is 4.21. The standard InChI is InChI=1S/C13H16O/c1-10(14)9-12-5-2-3-8-13(12)11-6-4-7-11/h2-3,5,8,11H,4,6-7,9H2,1H3. The fraction of sp³-hybridized carbons (Fsp3) is 0.462. The Labute approximate surface area is 85.1 Å². The smallest absolute Gasteiger partial charge is 0.134 e. The fourth-order valence-electron chi connectivity index (χ4n) is 2.08. The van der Waals surface area contributed by atoms with E-state index in [0.717, 1.165) is 5.92 Å². The molecule has 0 unspecified atom stereocenters. The first-order chi connectivity index (χ1) is 6.77. The Hall–Kier alpha value is -1.11. The summed E-state index contributed by atoms with van der Waals surface area (Å²) in [6.07, 6.45) is 4.55. The molecule has 74 valence electrons. The molecule has 14 heavy (non-hydrogen) atoms. The van der Waals surface area contributed by atoms with Gasteiger partial charge in [-0.2, -0.15) is 0 Å². The number of rotatable bonds is 3. The van der Waals surface area contributed by atoms with Gasteiger partial charge in [0.15, 0.2) is 0 Å². The number of hydrogen-bond acceptors (Lipinski definition) is 1. The number of hydrogen-bond donors (Lipinski definition) is 0. The lowest BCUT2D eigenvalue weighted by Crippen LogP contribution is -2.12. The van der Waals surface area contributed by atoms with Gasteiger partial charge in [-0.05, 0) is 36.8 Å². The quantitative estimate of drug-likeness (QED) is 0.712. The minimum absolute atomic E-state index is 0.261. The topological polar surface area (TPSA) is 17.1 Å². The third kappa shape index (κ3) is 1.87. The van der Waals surface area contributed by atoms with Crippen LogP contribution in [0.15, 0.2) is 24.3 Å². The molecule has 0 atom stereocenters. The molecule has 0 aliphatic heterocycles. The van der Waals surface area contributed by atoms with Crippen LogP contribution in [0, 0.1) is 0 Å². The SMILES string of the molecule is CC(=O)Cc1ccccc1C1CCC1. The van der Waals surface area contributed by atoms with E-state index in [1.54, 1.807) is 6.92 Å². The van der Waals surface area contributed by atoms with Gasteiger partial charge in [-0.15, -0.1) is 0 Å². The molecule has 0 N–H and O–H groups in total. The molecule has 1 fully saturated rings. The van der Waals surface area contributed by atoms with Crippen LogP contribution >= 0.6 is 0 Å². The lowest BCUT2D eigenvalue weighted by molar-refractivity contribution is -0.116. The lowest BCUT2D eigenvalue weighted by Gasteiger charge is -2.27. The summed E-state index contributed by atoms with van der Waals surface area (Å²) in [5.74, 6) is 0.988. The van der Waals surface area contributed by atoms with Gasteiger partial charge in [0.25, 0.3) is 0 Å². The molecular weight excluding hydrogens is 172 g/mol. The van der Waals surface area contributed by atoms with Gasteiger partial charge in [0.2, 0.25) is 0 Å². The van der Waals surface area contributed by atoms with Gasteiger partial charge in [0, 0.05) is 6.42 Å². The summed E-state index contributed by atoms with van der Waals surface area (Å²) < 4.78 is 0.